The van der Waals surface area contributed by atoms with Gasteiger partial charge in [0.2, 0.25) is 0 Å². The van der Waals surface area contributed by atoms with E-state index in [4.69, 9.17) is 9.47 Å². The summed E-state index contributed by atoms with van der Waals surface area (Å²) in [5.74, 6) is 0. The highest BCUT2D eigenvalue weighted by Gasteiger charge is 2.14. The molecule has 0 fully saturated rings. The predicted octanol–water partition coefficient (Wildman–Crippen LogP) is 4.98. The molecule has 0 aromatic carbocycles. The van der Waals surface area contributed by atoms with E-state index in [1.54, 1.807) is 6.33 Å². The lowest BCUT2D eigenvalue weighted by Gasteiger charge is -2.15. The predicted molar refractivity (Wildman–Crippen MR) is 124 cm³/mol. The van der Waals surface area contributed by atoms with Crippen LogP contribution in [0.5, 0.6) is 0 Å². The number of hydrogen-bond donors (Lipinski definition) is 0. The van der Waals surface area contributed by atoms with Gasteiger partial charge in [0.15, 0.2) is 3.83 Å². The van der Waals surface area contributed by atoms with Crippen LogP contribution < -0.4 is 0 Å². The monoisotopic (exact) mass is 520 g/mol. The largest absolute Gasteiger partial charge is 0.361 e. The Bertz CT molecular complexity index is 720. The molecule has 6 nitrogen and oxygen atoms in total. The molecular weight excluding hydrogens is 487 g/mol. The molecule has 0 unspecified atom stereocenters. The highest BCUT2D eigenvalue weighted by atomic mass is 127. The van der Waals surface area contributed by atoms with Crippen molar-refractivity contribution >= 4 is 38.7 Å². The molecule has 27 heavy (non-hydrogen) atoms. The lowest BCUT2D eigenvalue weighted by atomic mass is 10.4. The molecule has 152 valence electrons. The first-order valence-electron chi connectivity index (χ1n) is 9.44. The minimum absolute atomic E-state index is 0.537. The zero-order valence-corrected chi connectivity index (χ0v) is 21.6. The summed E-state index contributed by atoms with van der Waals surface area (Å²) in [5, 5.41) is 0. The van der Waals surface area contributed by atoms with Crippen LogP contribution in [0.15, 0.2) is 18.7 Å². The Hall–Kier alpha value is -0.496. The van der Waals surface area contributed by atoms with Crippen molar-refractivity contribution in [1.29, 1.82) is 0 Å². The summed E-state index contributed by atoms with van der Waals surface area (Å²) < 4.78 is 16.5. The Kier molecular flexibility index (Phi) is 8.28. The Morgan fingerprint density at radius 1 is 0.889 bits per heavy atom. The molecule has 0 saturated heterocycles. The SMILES string of the molecule is C[Si](C)(C)CCOCn1cnc(-c2cn(COCC[Si](C)(C)C)c(I)n2)c1. The second-order valence-corrected chi connectivity index (χ2v) is 21.5. The van der Waals surface area contributed by atoms with E-state index < -0.39 is 16.1 Å². The van der Waals surface area contributed by atoms with E-state index in [0.29, 0.717) is 13.5 Å². The lowest BCUT2D eigenvalue weighted by Crippen LogP contribution is -2.22. The quantitative estimate of drug-likeness (QED) is 0.238. The average Bonchev–Trinajstić information content (AvgIpc) is 3.13. The molecule has 0 amide bonds. The zero-order chi connectivity index (χ0) is 20.1. The standard InChI is InChI=1S/C18H33IN4O2Si2/c1-26(2,3)9-7-24-14-22-11-16(20-13-22)17-12-23(18(19)21-17)15-25-8-10-27(4,5)6/h11-13H,7-10,14-15H2,1-6H3. The van der Waals surface area contributed by atoms with Crippen LogP contribution in [0.3, 0.4) is 0 Å². The number of halogens is 1. The smallest absolute Gasteiger partial charge is 0.173 e. The normalized spacial score (nSPS) is 12.7. The van der Waals surface area contributed by atoms with Crippen molar-refractivity contribution in [3.63, 3.8) is 0 Å². The first-order valence-corrected chi connectivity index (χ1v) is 17.9. The molecule has 0 bridgehead atoms. The number of aromatic nitrogens is 4. The van der Waals surface area contributed by atoms with Gasteiger partial charge in [-0.15, -0.1) is 0 Å². The van der Waals surface area contributed by atoms with E-state index >= 15 is 0 Å². The molecule has 0 aliphatic rings. The molecule has 0 aliphatic carbocycles. The third-order valence-corrected chi connectivity index (χ3v) is 8.36. The summed E-state index contributed by atoms with van der Waals surface area (Å²) in [6.45, 7) is 16.9. The van der Waals surface area contributed by atoms with Crippen molar-refractivity contribution in [3.05, 3.63) is 22.6 Å². The van der Waals surface area contributed by atoms with Crippen LogP contribution >= 0.6 is 22.6 Å². The number of imidazole rings is 2. The maximum atomic E-state index is 5.83. The van der Waals surface area contributed by atoms with Gasteiger partial charge in [-0.25, -0.2) is 9.97 Å². The summed E-state index contributed by atoms with van der Waals surface area (Å²) in [4.78, 5) is 9.09. The summed E-state index contributed by atoms with van der Waals surface area (Å²) in [6, 6.07) is 2.35. The molecule has 0 atom stereocenters. The molecule has 2 aromatic rings. The van der Waals surface area contributed by atoms with Gasteiger partial charge in [-0.2, -0.15) is 0 Å². The van der Waals surface area contributed by atoms with E-state index in [1.807, 2.05) is 21.5 Å². The van der Waals surface area contributed by atoms with Crippen molar-refractivity contribution in [2.75, 3.05) is 13.2 Å². The van der Waals surface area contributed by atoms with E-state index in [9.17, 15) is 0 Å². The lowest BCUT2D eigenvalue weighted by molar-refractivity contribution is 0.0854. The van der Waals surface area contributed by atoms with Gasteiger partial charge in [0.25, 0.3) is 0 Å². The molecule has 0 saturated carbocycles. The number of rotatable bonds is 11. The molecule has 2 heterocycles. The Morgan fingerprint density at radius 2 is 1.48 bits per heavy atom. The summed E-state index contributed by atoms with van der Waals surface area (Å²) in [6.07, 6.45) is 5.80. The van der Waals surface area contributed by atoms with Crippen LogP contribution in [0.1, 0.15) is 0 Å². The molecule has 9 heteroatoms. The fourth-order valence-corrected chi connectivity index (χ4v) is 4.31. The van der Waals surface area contributed by atoms with Crippen LogP contribution in [0.25, 0.3) is 11.4 Å². The van der Waals surface area contributed by atoms with E-state index in [-0.39, 0.29) is 0 Å². The van der Waals surface area contributed by atoms with Crippen LogP contribution in [0.4, 0.5) is 0 Å². The van der Waals surface area contributed by atoms with Crippen molar-refractivity contribution < 1.29 is 9.47 Å². The van der Waals surface area contributed by atoms with Gasteiger partial charge in [-0.05, 0) is 12.1 Å². The summed E-state index contributed by atoms with van der Waals surface area (Å²) in [5.41, 5.74) is 1.73. The Balaban J connectivity index is 1.85. The van der Waals surface area contributed by atoms with Gasteiger partial charge in [0, 0.05) is 64.3 Å². The highest BCUT2D eigenvalue weighted by Crippen LogP contribution is 2.18. The second-order valence-electron chi connectivity index (χ2n) is 9.33. The maximum absolute atomic E-state index is 5.83. The molecule has 0 radical (unpaired) electrons. The van der Waals surface area contributed by atoms with Gasteiger partial charge in [0.05, 0.1) is 6.33 Å². The van der Waals surface area contributed by atoms with Gasteiger partial charge in [0.1, 0.15) is 24.8 Å². The zero-order valence-electron chi connectivity index (χ0n) is 17.5. The highest BCUT2D eigenvalue weighted by molar-refractivity contribution is 14.1. The van der Waals surface area contributed by atoms with Gasteiger partial charge in [-0.3, -0.25) is 0 Å². The molecule has 2 rings (SSSR count). The van der Waals surface area contributed by atoms with Crippen molar-refractivity contribution in [2.45, 2.75) is 64.8 Å². The van der Waals surface area contributed by atoms with Crippen molar-refractivity contribution in [2.24, 2.45) is 0 Å². The second kappa shape index (κ2) is 9.81. The minimum atomic E-state index is -1.05. The molecule has 2 aromatic heterocycles. The van der Waals surface area contributed by atoms with Crippen molar-refractivity contribution in [3.8, 4) is 11.4 Å². The third kappa shape index (κ3) is 8.59. The Morgan fingerprint density at radius 3 is 2.07 bits per heavy atom. The molecular formula is C18H33IN4O2Si2. The summed E-state index contributed by atoms with van der Waals surface area (Å²) in [7, 11) is -2.10. The van der Waals surface area contributed by atoms with Gasteiger partial charge >= 0.3 is 0 Å². The van der Waals surface area contributed by atoms with E-state index in [1.165, 1.54) is 12.1 Å². The first kappa shape index (κ1) is 22.8. The molecule has 0 spiro atoms. The number of hydrogen-bond acceptors (Lipinski definition) is 4. The Labute approximate surface area is 178 Å². The van der Waals surface area contributed by atoms with Crippen LogP contribution in [-0.4, -0.2) is 48.5 Å². The molecule has 0 aliphatic heterocycles. The molecule has 0 N–H and O–H groups in total. The van der Waals surface area contributed by atoms with Crippen molar-refractivity contribution in [1.82, 2.24) is 19.1 Å². The maximum Gasteiger partial charge on any atom is 0.173 e. The topological polar surface area (TPSA) is 54.1 Å². The van der Waals surface area contributed by atoms with Crippen LogP contribution in [0, 0.1) is 3.83 Å². The third-order valence-electron chi connectivity index (χ3n) is 4.09. The fraction of sp³-hybridized carbons (Fsp3) is 0.667. The van der Waals surface area contributed by atoms with Gasteiger partial charge in [-0.1, -0.05) is 39.3 Å². The number of nitrogens with zero attached hydrogens (tertiary/aromatic N) is 4. The fourth-order valence-electron chi connectivity index (χ4n) is 2.26. The van der Waals surface area contributed by atoms with Crippen LogP contribution in [-0.2, 0) is 22.9 Å². The first-order chi connectivity index (χ1) is 12.5. The number of ether oxygens (including phenoxy) is 2. The van der Waals surface area contributed by atoms with Crippen LogP contribution in [0.2, 0.25) is 51.4 Å². The average molecular weight is 521 g/mol. The van der Waals surface area contributed by atoms with E-state index in [0.717, 1.165) is 28.4 Å². The van der Waals surface area contributed by atoms with Gasteiger partial charge < -0.3 is 18.6 Å². The minimum Gasteiger partial charge on any atom is -0.361 e. The summed E-state index contributed by atoms with van der Waals surface area (Å²) >= 11 is 2.24. The van der Waals surface area contributed by atoms with E-state index in [2.05, 4.69) is 71.8 Å².